The molecule has 2 N–H and O–H groups in total. The predicted octanol–water partition coefficient (Wildman–Crippen LogP) is 5.47. The third-order valence-electron chi connectivity index (χ3n) is 10.5. The minimum atomic E-state index is -1.13. The van der Waals surface area contributed by atoms with E-state index in [1.165, 1.54) is 24.8 Å². The number of rotatable bonds is 7. The lowest BCUT2D eigenvalue weighted by Crippen LogP contribution is -2.51. The number of benzene rings is 1. The molecule has 7 nitrogen and oxygen atoms in total. The number of allylic oxidation sites excluding steroid dienone is 2. The highest BCUT2D eigenvalue weighted by molar-refractivity contribution is 5.96. The van der Waals surface area contributed by atoms with Crippen molar-refractivity contribution in [2.75, 3.05) is 6.61 Å². The van der Waals surface area contributed by atoms with Crippen LogP contribution in [0.1, 0.15) is 83.7 Å². The minimum Gasteiger partial charge on any atom is -0.479 e. The van der Waals surface area contributed by atoms with Crippen molar-refractivity contribution in [3.8, 4) is 0 Å². The molecule has 3 saturated carbocycles. The molecule has 0 radical (unpaired) electrons. The standard InChI is InChI=1S/C31H40N2O5/c1-19(34)24-11-12-25-23-10-9-21-17-22(13-15-30(21,2)26(23)14-16-31(24,25)3)33-38-18-27(35)32-28(29(36)37)20-7-5-4-6-8-20/h4-8,17,23-26,28H,9-16,18H2,1-3H3,(H,32,35)(H,36,37)/t23-,24+,25-,26-,28?,30-,31+/m0/s1. The van der Waals surface area contributed by atoms with Crippen LogP contribution in [0.15, 0.2) is 47.1 Å². The van der Waals surface area contributed by atoms with Gasteiger partial charge in [-0.1, -0.05) is 54.9 Å². The van der Waals surface area contributed by atoms with Crippen molar-refractivity contribution in [3.63, 3.8) is 0 Å². The Balaban J connectivity index is 1.22. The van der Waals surface area contributed by atoms with Crippen LogP contribution >= 0.6 is 0 Å². The molecule has 0 aliphatic heterocycles. The number of Topliss-reactive ketones (excluding diaryl/α,β-unsaturated/α-hetero) is 1. The van der Waals surface area contributed by atoms with Gasteiger partial charge in [0, 0.05) is 5.92 Å². The van der Waals surface area contributed by atoms with Crippen molar-refractivity contribution in [2.45, 2.75) is 78.2 Å². The Hall–Kier alpha value is -2.96. The van der Waals surface area contributed by atoms with Crippen molar-refractivity contribution in [1.29, 1.82) is 0 Å². The van der Waals surface area contributed by atoms with E-state index in [1.54, 1.807) is 37.3 Å². The number of hydrogen-bond acceptors (Lipinski definition) is 5. The summed E-state index contributed by atoms with van der Waals surface area (Å²) >= 11 is 0. The van der Waals surface area contributed by atoms with Gasteiger partial charge in [-0.15, -0.1) is 0 Å². The van der Waals surface area contributed by atoms with Crippen molar-refractivity contribution in [3.05, 3.63) is 47.5 Å². The molecule has 0 saturated heterocycles. The van der Waals surface area contributed by atoms with Crippen LogP contribution in [0, 0.1) is 34.5 Å². The van der Waals surface area contributed by atoms with E-state index < -0.39 is 17.9 Å². The molecule has 38 heavy (non-hydrogen) atoms. The fraction of sp³-hybridized carbons (Fsp3) is 0.613. The zero-order valence-corrected chi connectivity index (χ0v) is 22.7. The molecule has 0 spiro atoms. The molecule has 4 aliphatic carbocycles. The van der Waals surface area contributed by atoms with E-state index in [9.17, 15) is 19.5 Å². The monoisotopic (exact) mass is 520 g/mol. The summed E-state index contributed by atoms with van der Waals surface area (Å²) < 4.78 is 0. The first-order valence-electron chi connectivity index (χ1n) is 14.1. The molecule has 5 rings (SSSR count). The number of nitrogens with one attached hydrogen (secondary N) is 1. The number of hydrogen-bond donors (Lipinski definition) is 2. The van der Waals surface area contributed by atoms with Gasteiger partial charge in [0.1, 0.15) is 5.78 Å². The third-order valence-corrected chi connectivity index (χ3v) is 10.5. The summed E-state index contributed by atoms with van der Waals surface area (Å²) in [7, 11) is 0. The van der Waals surface area contributed by atoms with Crippen LogP contribution in [0.25, 0.3) is 0 Å². The van der Waals surface area contributed by atoms with Gasteiger partial charge in [0.25, 0.3) is 5.91 Å². The van der Waals surface area contributed by atoms with Crippen LogP contribution in [-0.4, -0.2) is 35.1 Å². The number of carboxylic acids is 1. The Morgan fingerprint density at radius 2 is 1.82 bits per heavy atom. The van der Waals surface area contributed by atoms with Crippen LogP contribution in [0.4, 0.5) is 0 Å². The van der Waals surface area contributed by atoms with Gasteiger partial charge in [-0.05, 0) is 98.5 Å². The lowest BCUT2D eigenvalue weighted by atomic mass is 9.46. The van der Waals surface area contributed by atoms with Crippen molar-refractivity contribution >= 4 is 23.4 Å². The fourth-order valence-corrected chi connectivity index (χ4v) is 8.62. The van der Waals surface area contributed by atoms with Crippen LogP contribution in [0.3, 0.4) is 0 Å². The van der Waals surface area contributed by atoms with Crippen LogP contribution < -0.4 is 5.32 Å². The number of nitrogens with zero attached hydrogens (tertiary/aromatic N) is 1. The molecule has 1 aromatic carbocycles. The average molecular weight is 521 g/mol. The summed E-state index contributed by atoms with van der Waals surface area (Å²) in [6.07, 6.45) is 10.8. The molecule has 1 aromatic rings. The molecule has 4 aliphatic rings. The summed E-state index contributed by atoms with van der Waals surface area (Å²) in [6.45, 7) is 6.27. The maximum Gasteiger partial charge on any atom is 0.330 e. The predicted molar refractivity (Wildman–Crippen MR) is 144 cm³/mol. The quantitative estimate of drug-likeness (QED) is 0.464. The van der Waals surface area contributed by atoms with Gasteiger partial charge in [0.15, 0.2) is 12.6 Å². The molecule has 7 atom stereocenters. The molecule has 204 valence electrons. The smallest absolute Gasteiger partial charge is 0.330 e. The summed E-state index contributed by atoms with van der Waals surface area (Å²) in [5, 5.41) is 16.3. The van der Waals surface area contributed by atoms with Gasteiger partial charge in [-0.3, -0.25) is 9.59 Å². The highest BCUT2D eigenvalue weighted by Crippen LogP contribution is 2.66. The second-order valence-electron chi connectivity index (χ2n) is 12.4. The van der Waals surface area contributed by atoms with E-state index >= 15 is 0 Å². The van der Waals surface area contributed by atoms with Crippen LogP contribution in [0.5, 0.6) is 0 Å². The first kappa shape index (κ1) is 26.6. The molecule has 0 aromatic heterocycles. The van der Waals surface area contributed by atoms with Gasteiger partial charge in [0.2, 0.25) is 0 Å². The zero-order valence-electron chi connectivity index (χ0n) is 22.7. The number of carboxylic acid groups (broad SMARTS) is 1. The molecule has 1 amide bonds. The summed E-state index contributed by atoms with van der Waals surface area (Å²) in [6, 6.07) is 7.47. The van der Waals surface area contributed by atoms with Gasteiger partial charge in [0.05, 0.1) is 5.71 Å². The highest BCUT2D eigenvalue weighted by atomic mass is 16.6. The van der Waals surface area contributed by atoms with Crippen molar-refractivity contribution in [2.24, 2.45) is 39.7 Å². The molecule has 3 fully saturated rings. The number of oxime groups is 1. The van der Waals surface area contributed by atoms with E-state index in [1.807, 2.05) is 0 Å². The molecule has 0 heterocycles. The van der Waals surface area contributed by atoms with E-state index in [0.29, 0.717) is 29.1 Å². The number of carbonyl (C=O) groups excluding carboxylic acids is 2. The van der Waals surface area contributed by atoms with E-state index in [-0.39, 0.29) is 23.4 Å². The Kier molecular flexibility index (Phi) is 7.23. The molecular formula is C31H40N2O5. The number of fused-ring (bicyclic) bond motifs is 5. The molecule has 0 bridgehead atoms. The van der Waals surface area contributed by atoms with Gasteiger partial charge in [-0.2, -0.15) is 0 Å². The summed E-state index contributed by atoms with van der Waals surface area (Å²) in [5.74, 6) is 0.940. The van der Waals surface area contributed by atoms with Crippen molar-refractivity contribution < 1.29 is 24.3 Å². The SMILES string of the molecule is CC(=O)[C@H]1CC[C@H]2[C@@H]3CCC4=CC(=NOCC(=O)NC(C(=O)O)c5ccccc5)CC[C@]4(C)[C@H]3CC[C@]12C. The summed E-state index contributed by atoms with van der Waals surface area (Å²) in [4.78, 5) is 41.8. The molecule has 7 heteroatoms. The lowest BCUT2D eigenvalue weighted by Gasteiger charge is -2.58. The van der Waals surface area contributed by atoms with Crippen molar-refractivity contribution in [1.82, 2.24) is 5.32 Å². The van der Waals surface area contributed by atoms with E-state index in [4.69, 9.17) is 4.84 Å². The number of carbonyl (C=O) groups is 3. The fourth-order valence-electron chi connectivity index (χ4n) is 8.62. The third kappa shape index (κ3) is 4.69. The number of aliphatic carboxylic acids is 1. The zero-order chi connectivity index (χ0) is 27.1. The maximum atomic E-state index is 12.4. The van der Waals surface area contributed by atoms with Gasteiger partial charge < -0.3 is 15.3 Å². The largest absolute Gasteiger partial charge is 0.479 e. The maximum absolute atomic E-state index is 12.4. The number of amides is 1. The first-order valence-corrected chi connectivity index (χ1v) is 14.1. The highest BCUT2D eigenvalue weighted by Gasteiger charge is 2.59. The van der Waals surface area contributed by atoms with Crippen LogP contribution in [-0.2, 0) is 19.2 Å². The van der Waals surface area contributed by atoms with E-state index in [0.717, 1.165) is 37.8 Å². The number of ketones is 1. The normalized spacial score (nSPS) is 35.8. The summed E-state index contributed by atoms with van der Waals surface area (Å²) in [5.41, 5.74) is 3.11. The Labute approximate surface area is 225 Å². The van der Waals surface area contributed by atoms with Gasteiger partial charge in [-0.25, -0.2) is 4.79 Å². The second-order valence-corrected chi connectivity index (χ2v) is 12.4. The minimum absolute atomic E-state index is 0.152. The van der Waals surface area contributed by atoms with Gasteiger partial charge >= 0.3 is 5.97 Å². The van der Waals surface area contributed by atoms with E-state index in [2.05, 4.69) is 30.4 Å². The van der Waals surface area contributed by atoms with Crippen LogP contribution in [0.2, 0.25) is 0 Å². The Bertz CT molecular complexity index is 1160. The molecule has 1 unspecified atom stereocenters. The Morgan fingerprint density at radius 3 is 2.53 bits per heavy atom. The second kappa shape index (κ2) is 10.3. The topological polar surface area (TPSA) is 105 Å². The average Bonchev–Trinajstić information content (AvgIpc) is 3.25. The first-order chi connectivity index (χ1) is 18.1. The lowest BCUT2D eigenvalue weighted by molar-refractivity contribution is -0.142. The Morgan fingerprint density at radius 1 is 1.05 bits per heavy atom. The molecular weight excluding hydrogens is 480 g/mol.